The third-order valence-electron chi connectivity index (χ3n) is 2.82. The lowest BCUT2D eigenvalue weighted by Gasteiger charge is -2.05. The number of nitrogens with zero attached hydrogens (tertiary/aromatic N) is 1. The first-order valence-corrected chi connectivity index (χ1v) is 6.55. The van der Waals surface area contributed by atoms with Crippen LogP contribution in [0.2, 0.25) is 0 Å². The van der Waals surface area contributed by atoms with Crippen molar-refractivity contribution in [3.05, 3.63) is 70.8 Å². The van der Waals surface area contributed by atoms with Crippen molar-refractivity contribution in [3.63, 3.8) is 0 Å². The molecular formula is C16H11F6NO2. The van der Waals surface area contributed by atoms with Crippen LogP contribution in [0.3, 0.4) is 0 Å². The molecule has 2 aromatic rings. The Morgan fingerprint density at radius 1 is 0.720 bits per heavy atom. The molecule has 0 unspecified atom stereocenters. The molecule has 2 rings (SSSR count). The Kier molecular flexibility index (Phi) is 6.72. The van der Waals surface area contributed by atoms with E-state index in [4.69, 9.17) is 5.21 Å². The van der Waals surface area contributed by atoms with Crippen LogP contribution in [0.4, 0.5) is 26.3 Å². The SMILES string of the molecule is O=Cc1ccc(C(F)(F)F)cc1.ON=Cc1ccc(C(F)(F)F)cc1. The summed E-state index contributed by atoms with van der Waals surface area (Å²) >= 11 is 0. The fourth-order valence-electron chi connectivity index (χ4n) is 1.58. The molecule has 1 N–H and O–H groups in total. The number of aldehydes is 1. The second-order valence-electron chi connectivity index (χ2n) is 4.60. The van der Waals surface area contributed by atoms with Gasteiger partial charge < -0.3 is 5.21 Å². The molecule has 0 bridgehead atoms. The monoisotopic (exact) mass is 363 g/mol. The van der Waals surface area contributed by atoms with Gasteiger partial charge in [-0.05, 0) is 29.8 Å². The zero-order valence-electron chi connectivity index (χ0n) is 12.3. The molecule has 25 heavy (non-hydrogen) atoms. The molecule has 134 valence electrons. The highest BCUT2D eigenvalue weighted by atomic mass is 19.4. The minimum Gasteiger partial charge on any atom is -0.411 e. The topological polar surface area (TPSA) is 49.7 Å². The molecule has 9 heteroatoms. The maximum atomic E-state index is 12.0. The highest BCUT2D eigenvalue weighted by Crippen LogP contribution is 2.29. The van der Waals surface area contributed by atoms with Crippen molar-refractivity contribution in [2.24, 2.45) is 5.16 Å². The van der Waals surface area contributed by atoms with E-state index >= 15 is 0 Å². The number of rotatable bonds is 2. The third-order valence-corrected chi connectivity index (χ3v) is 2.82. The number of benzene rings is 2. The normalized spacial score (nSPS) is 11.8. The zero-order chi connectivity index (χ0) is 19.1. The highest BCUT2D eigenvalue weighted by molar-refractivity contribution is 5.79. The number of hydrogen-bond donors (Lipinski definition) is 1. The van der Waals surface area contributed by atoms with Crippen molar-refractivity contribution < 1.29 is 36.3 Å². The summed E-state index contributed by atoms with van der Waals surface area (Å²) in [5.74, 6) is 0. The molecule has 3 nitrogen and oxygen atoms in total. The molecule has 0 heterocycles. The van der Waals surface area contributed by atoms with Crippen LogP contribution in [0.25, 0.3) is 0 Å². The minimum atomic E-state index is -4.33. The van der Waals surface area contributed by atoms with Crippen LogP contribution >= 0.6 is 0 Å². The minimum absolute atomic E-state index is 0.239. The molecule has 0 saturated carbocycles. The van der Waals surface area contributed by atoms with Crippen molar-refractivity contribution in [3.8, 4) is 0 Å². The van der Waals surface area contributed by atoms with Crippen LogP contribution in [-0.2, 0) is 12.4 Å². The lowest BCUT2D eigenvalue weighted by atomic mass is 10.1. The van der Waals surface area contributed by atoms with E-state index in [0.29, 0.717) is 11.8 Å². The smallest absolute Gasteiger partial charge is 0.411 e. The van der Waals surface area contributed by atoms with Crippen LogP contribution in [0.1, 0.15) is 27.0 Å². The van der Waals surface area contributed by atoms with Gasteiger partial charge in [0.2, 0.25) is 0 Å². The van der Waals surface area contributed by atoms with Gasteiger partial charge in [0.1, 0.15) is 6.29 Å². The maximum absolute atomic E-state index is 12.0. The van der Waals surface area contributed by atoms with Crippen molar-refractivity contribution in [1.29, 1.82) is 0 Å². The first-order chi connectivity index (χ1) is 11.6. The first-order valence-electron chi connectivity index (χ1n) is 6.55. The lowest BCUT2D eigenvalue weighted by Crippen LogP contribution is -2.04. The van der Waals surface area contributed by atoms with E-state index in [1.807, 2.05) is 0 Å². The Morgan fingerprint density at radius 2 is 1.08 bits per heavy atom. The second-order valence-corrected chi connectivity index (χ2v) is 4.60. The number of carbonyl (C=O) groups is 1. The van der Waals surface area contributed by atoms with E-state index < -0.39 is 23.5 Å². The van der Waals surface area contributed by atoms with E-state index in [9.17, 15) is 31.1 Å². The predicted octanol–water partition coefficient (Wildman–Crippen LogP) is 5.03. The summed E-state index contributed by atoms with van der Waals surface area (Å²) in [5, 5.41) is 10.8. The van der Waals surface area contributed by atoms with Gasteiger partial charge in [-0.15, -0.1) is 0 Å². The van der Waals surface area contributed by atoms with Crippen LogP contribution in [0, 0.1) is 0 Å². The third kappa shape index (κ3) is 6.66. The molecule has 0 aliphatic rings. The van der Waals surface area contributed by atoms with Crippen molar-refractivity contribution in [2.75, 3.05) is 0 Å². The maximum Gasteiger partial charge on any atom is 0.416 e. The summed E-state index contributed by atoms with van der Waals surface area (Å²) in [6.07, 6.45) is -7.10. The summed E-state index contributed by atoms with van der Waals surface area (Å²) < 4.78 is 71.9. The van der Waals surface area contributed by atoms with Crippen LogP contribution in [0.5, 0.6) is 0 Å². The van der Waals surface area contributed by atoms with Crippen molar-refractivity contribution in [1.82, 2.24) is 0 Å². The van der Waals surface area contributed by atoms with Gasteiger partial charge in [0.25, 0.3) is 0 Å². The predicted molar refractivity (Wildman–Crippen MR) is 77.7 cm³/mol. The molecule has 0 amide bonds. The van der Waals surface area contributed by atoms with Gasteiger partial charge in [0, 0.05) is 5.56 Å². The van der Waals surface area contributed by atoms with Gasteiger partial charge >= 0.3 is 12.4 Å². The van der Waals surface area contributed by atoms with Gasteiger partial charge in [-0.1, -0.05) is 29.4 Å². The van der Waals surface area contributed by atoms with Crippen LogP contribution in [0.15, 0.2) is 53.7 Å². The molecule has 0 aromatic heterocycles. The fraction of sp³-hybridized carbons (Fsp3) is 0.125. The largest absolute Gasteiger partial charge is 0.416 e. The number of halogens is 6. The Hall–Kier alpha value is -2.84. The van der Waals surface area contributed by atoms with E-state index in [0.717, 1.165) is 42.6 Å². The standard InChI is InChI=1S/C8H6F3NO.C8H5F3O/c9-8(10,11)7-3-1-6(2-4-7)5-12-13;9-8(10,11)7-3-1-6(5-12)2-4-7/h1-5,13H;1-5H. The van der Waals surface area contributed by atoms with Crippen LogP contribution < -0.4 is 0 Å². The van der Waals surface area contributed by atoms with Gasteiger partial charge in [0.05, 0.1) is 17.3 Å². The Morgan fingerprint density at radius 3 is 1.36 bits per heavy atom. The van der Waals surface area contributed by atoms with E-state index in [1.54, 1.807) is 0 Å². The van der Waals surface area contributed by atoms with Crippen LogP contribution in [-0.4, -0.2) is 17.7 Å². The zero-order valence-corrected chi connectivity index (χ0v) is 12.3. The van der Waals surface area contributed by atoms with Gasteiger partial charge in [-0.3, -0.25) is 4.79 Å². The first kappa shape index (κ1) is 20.2. The molecule has 0 fully saturated rings. The Balaban J connectivity index is 0.000000251. The molecule has 0 aliphatic heterocycles. The van der Waals surface area contributed by atoms with E-state index in [2.05, 4.69) is 5.16 Å². The summed E-state index contributed by atoms with van der Waals surface area (Å²) in [4.78, 5) is 10.1. The lowest BCUT2D eigenvalue weighted by molar-refractivity contribution is -0.138. The van der Waals surface area contributed by atoms with Gasteiger partial charge in [0.15, 0.2) is 0 Å². The summed E-state index contributed by atoms with van der Waals surface area (Å²) in [7, 11) is 0. The van der Waals surface area contributed by atoms with Gasteiger partial charge in [-0.25, -0.2) is 0 Å². The van der Waals surface area contributed by atoms with E-state index in [1.165, 1.54) is 12.1 Å². The molecule has 2 aromatic carbocycles. The summed E-state index contributed by atoms with van der Waals surface area (Å²) in [5.41, 5.74) is -0.811. The van der Waals surface area contributed by atoms with Crippen molar-refractivity contribution >= 4 is 12.5 Å². The fourth-order valence-corrected chi connectivity index (χ4v) is 1.58. The summed E-state index contributed by atoms with van der Waals surface area (Å²) in [6, 6.07) is 8.33. The molecular weight excluding hydrogens is 352 g/mol. The molecule has 0 atom stereocenters. The van der Waals surface area contributed by atoms with E-state index in [-0.39, 0.29) is 5.56 Å². The quantitative estimate of drug-likeness (QED) is 0.267. The Labute approximate surface area is 138 Å². The average Bonchev–Trinajstić information content (AvgIpc) is 2.55. The highest BCUT2D eigenvalue weighted by Gasteiger charge is 2.30. The molecule has 0 radical (unpaired) electrons. The molecule has 0 spiro atoms. The number of alkyl halides is 6. The average molecular weight is 363 g/mol. The summed E-state index contributed by atoms with van der Waals surface area (Å²) in [6.45, 7) is 0. The number of hydrogen-bond acceptors (Lipinski definition) is 3. The molecule has 0 aliphatic carbocycles. The van der Waals surface area contributed by atoms with Gasteiger partial charge in [-0.2, -0.15) is 26.3 Å². The molecule has 0 saturated heterocycles. The van der Waals surface area contributed by atoms with Crippen molar-refractivity contribution in [2.45, 2.75) is 12.4 Å². The number of oxime groups is 1. The second kappa shape index (κ2) is 8.32. The number of carbonyl (C=O) groups excluding carboxylic acids is 1. The Bertz CT molecular complexity index is 703.